The Labute approximate surface area is 184 Å². The average molecular weight is 468 g/mol. The SMILES string of the molecule is CS(=O)(=O)c1cccnc1C(=O)N1CC(NC(=O)[C@@H]2C[C@H]2c2cc(Cl)cc(Cl)c2)C1. The number of pyridine rings is 1. The molecule has 2 aromatic rings. The molecule has 1 aromatic heterocycles. The molecule has 2 fully saturated rings. The molecule has 0 radical (unpaired) electrons. The molecule has 1 aliphatic heterocycles. The number of benzene rings is 1. The molecule has 2 heterocycles. The molecule has 0 bridgehead atoms. The van der Waals surface area contributed by atoms with Crippen LogP contribution in [0.15, 0.2) is 41.4 Å². The van der Waals surface area contributed by atoms with Crippen molar-refractivity contribution in [3.63, 3.8) is 0 Å². The van der Waals surface area contributed by atoms with Crippen LogP contribution in [0.25, 0.3) is 0 Å². The smallest absolute Gasteiger partial charge is 0.273 e. The lowest BCUT2D eigenvalue weighted by molar-refractivity contribution is -0.124. The first-order valence-corrected chi connectivity index (χ1v) is 12.0. The molecule has 10 heteroatoms. The van der Waals surface area contributed by atoms with Crippen molar-refractivity contribution in [3.05, 3.63) is 57.8 Å². The molecule has 1 N–H and O–H groups in total. The van der Waals surface area contributed by atoms with E-state index in [1.165, 1.54) is 23.2 Å². The fraction of sp³-hybridized carbons (Fsp3) is 0.350. The minimum absolute atomic E-state index is 0.0668. The van der Waals surface area contributed by atoms with E-state index < -0.39 is 15.7 Å². The maximum Gasteiger partial charge on any atom is 0.273 e. The Morgan fingerprint density at radius 1 is 1.17 bits per heavy atom. The van der Waals surface area contributed by atoms with Crippen LogP contribution in [0.4, 0.5) is 0 Å². The zero-order valence-corrected chi connectivity index (χ0v) is 18.3. The Morgan fingerprint density at radius 3 is 2.47 bits per heavy atom. The molecular weight excluding hydrogens is 449 g/mol. The Kier molecular flexibility index (Phi) is 5.50. The minimum Gasteiger partial charge on any atom is -0.350 e. The van der Waals surface area contributed by atoms with Gasteiger partial charge in [0.25, 0.3) is 5.91 Å². The summed E-state index contributed by atoms with van der Waals surface area (Å²) >= 11 is 12.1. The van der Waals surface area contributed by atoms with Crippen LogP contribution in [0.1, 0.15) is 28.4 Å². The standard InChI is InChI=1S/C20H19Cl2N3O4S/c1-30(28,29)17-3-2-4-23-18(17)20(27)25-9-14(10-25)24-19(26)16-8-15(16)11-5-12(21)7-13(22)6-11/h2-7,14-16H,8-10H2,1H3,(H,24,26)/t15-,16+/m0/s1. The van der Waals surface area contributed by atoms with Crippen molar-refractivity contribution in [1.29, 1.82) is 0 Å². The number of aromatic nitrogens is 1. The van der Waals surface area contributed by atoms with Crippen molar-refractivity contribution >= 4 is 44.9 Å². The van der Waals surface area contributed by atoms with Gasteiger partial charge in [-0.1, -0.05) is 23.2 Å². The van der Waals surface area contributed by atoms with Gasteiger partial charge in [-0.15, -0.1) is 0 Å². The van der Waals surface area contributed by atoms with E-state index in [4.69, 9.17) is 23.2 Å². The summed E-state index contributed by atoms with van der Waals surface area (Å²) in [5.41, 5.74) is 0.853. The fourth-order valence-corrected chi connectivity index (χ4v) is 5.05. The topological polar surface area (TPSA) is 96.4 Å². The Bertz CT molecular complexity index is 1110. The summed E-state index contributed by atoms with van der Waals surface area (Å²) in [7, 11) is -3.57. The number of amides is 2. The molecule has 2 atom stereocenters. The van der Waals surface area contributed by atoms with Gasteiger partial charge in [0.05, 0.1) is 10.9 Å². The molecule has 1 aliphatic carbocycles. The van der Waals surface area contributed by atoms with Crippen molar-refractivity contribution in [2.45, 2.75) is 23.3 Å². The van der Waals surface area contributed by atoms with Crippen molar-refractivity contribution in [3.8, 4) is 0 Å². The van der Waals surface area contributed by atoms with Gasteiger partial charge in [-0.2, -0.15) is 0 Å². The van der Waals surface area contributed by atoms with Gasteiger partial charge in [0.2, 0.25) is 5.91 Å². The number of nitrogens with zero attached hydrogens (tertiary/aromatic N) is 2. The molecule has 0 unspecified atom stereocenters. The highest BCUT2D eigenvalue weighted by Crippen LogP contribution is 2.48. The first-order chi connectivity index (χ1) is 14.1. The van der Waals surface area contributed by atoms with Gasteiger partial charge in [-0.3, -0.25) is 9.59 Å². The van der Waals surface area contributed by atoms with E-state index in [0.29, 0.717) is 23.1 Å². The first kappa shape index (κ1) is 21.1. The molecule has 30 heavy (non-hydrogen) atoms. The first-order valence-electron chi connectivity index (χ1n) is 9.34. The van der Waals surface area contributed by atoms with Gasteiger partial charge in [0, 0.05) is 41.5 Å². The monoisotopic (exact) mass is 467 g/mol. The quantitative estimate of drug-likeness (QED) is 0.728. The van der Waals surface area contributed by atoms with Crippen LogP contribution in [-0.4, -0.2) is 55.5 Å². The van der Waals surface area contributed by atoms with Gasteiger partial charge in [-0.05, 0) is 48.2 Å². The minimum atomic E-state index is -3.57. The van der Waals surface area contributed by atoms with Gasteiger partial charge in [0.1, 0.15) is 5.69 Å². The number of carbonyl (C=O) groups excluding carboxylic acids is 2. The maximum atomic E-state index is 12.6. The number of carbonyl (C=O) groups is 2. The van der Waals surface area contributed by atoms with Crippen LogP contribution in [0.2, 0.25) is 10.0 Å². The van der Waals surface area contributed by atoms with Crippen LogP contribution in [0.3, 0.4) is 0 Å². The van der Waals surface area contributed by atoms with Crippen molar-refractivity contribution in [2.75, 3.05) is 19.3 Å². The number of hydrogen-bond acceptors (Lipinski definition) is 5. The Balaban J connectivity index is 1.33. The molecule has 1 saturated heterocycles. The van der Waals surface area contributed by atoms with Crippen molar-refractivity contribution in [1.82, 2.24) is 15.2 Å². The van der Waals surface area contributed by atoms with E-state index in [2.05, 4.69) is 10.3 Å². The van der Waals surface area contributed by atoms with Gasteiger partial charge < -0.3 is 10.2 Å². The van der Waals surface area contributed by atoms with Crippen molar-refractivity contribution in [2.24, 2.45) is 5.92 Å². The number of nitrogens with one attached hydrogen (secondary N) is 1. The van der Waals surface area contributed by atoms with E-state index in [1.807, 2.05) is 12.1 Å². The molecule has 2 amide bonds. The van der Waals surface area contributed by atoms with Crippen LogP contribution in [0, 0.1) is 5.92 Å². The molecule has 4 rings (SSSR count). The average Bonchev–Trinajstić information content (AvgIpc) is 3.43. The summed E-state index contributed by atoms with van der Waals surface area (Å²) < 4.78 is 23.8. The number of rotatable bonds is 5. The van der Waals surface area contributed by atoms with Gasteiger partial charge in [-0.25, -0.2) is 13.4 Å². The molecule has 1 saturated carbocycles. The lowest BCUT2D eigenvalue weighted by Crippen LogP contribution is -2.61. The van der Waals surface area contributed by atoms with Crippen LogP contribution < -0.4 is 5.32 Å². The van der Waals surface area contributed by atoms with E-state index in [-0.39, 0.29) is 34.4 Å². The second-order valence-corrected chi connectivity index (χ2v) is 10.5. The highest BCUT2D eigenvalue weighted by atomic mass is 35.5. The van der Waals surface area contributed by atoms with Gasteiger partial charge in [0.15, 0.2) is 9.84 Å². The third kappa shape index (κ3) is 4.31. The van der Waals surface area contributed by atoms with E-state index in [9.17, 15) is 18.0 Å². The van der Waals surface area contributed by atoms with E-state index in [0.717, 1.165) is 18.2 Å². The zero-order valence-electron chi connectivity index (χ0n) is 16.0. The summed E-state index contributed by atoms with van der Waals surface area (Å²) in [6.07, 6.45) is 3.15. The lowest BCUT2D eigenvalue weighted by Gasteiger charge is -2.39. The second-order valence-electron chi connectivity index (χ2n) is 7.69. The molecule has 7 nitrogen and oxygen atoms in total. The fourth-order valence-electron chi connectivity index (χ4n) is 3.69. The zero-order chi connectivity index (χ0) is 21.6. The van der Waals surface area contributed by atoms with Crippen LogP contribution in [-0.2, 0) is 14.6 Å². The van der Waals surface area contributed by atoms with E-state index in [1.54, 1.807) is 6.07 Å². The van der Waals surface area contributed by atoms with Crippen LogP contribution in [0.5, 0.6) is 0 Å². The van der Waals surface area contributed by atoms with E-state index >= 15 is 0 Å². The van der Waals surface area contributed by atoms with Crippen molar-refractivity contribution < 1.29 is 18.0 Å². The Morgan fingerprint density at radius 2 is 1.83 bits per heavy atom. The number of halogens is 2. The molecule has 0 spiro atoms. The highest BCUT2D eigenvalue weighted by Gasteiger charge is 2.46. The third-order valence-electron chi connectivity index (χ3n) is 5.33. The number of likely N-dealkylation sites (tertiary alicyclic amines) is 1. The predicted octanol–water partition coefficient (Wildman–Crippen LogP) is 2.54. The molecular formula is C20H19Cl2N3O4S. The van der Waals surface area contributed by atoms with Gasteiger partial charge >= 0.3 is 0 Å². The summed E-state index contributed by atoms with van der Waals surface area (Å²) in [6.45, 7) is 0.620. The largest absolute Gasteiger partial charge is 0.350 e. The normalized spacial score (nSPS) is 21.1. The number of hydrogen-bond donors (Lipinski definition) is 1. The molecule has 1 aromatic carbocycles. The second kappa shape index (κ2) is 7.83. The lowest BCUT2D eigenvalue weighted by atomic mass is 10.1. The highest BCUT2D eigenvalue weighted by molar-refractivity contribution is 7.90. The van der Waals surface area contributed by atoms with Crippen LogP contribution >= 0.6 is 23.2 Å². The third-order valence-corrected chi connectivity index (χ3v) is 6.89. The predicted molar refractivity (Wildman–Crippen MR) is 112 cm³/mol. The number of sulfone groups is 1. The molecule has 2 aliphatic rings. The summed E-state index contributed by atoms with van der Waals surface area (Å²) in [5, 5.41) is 4.03. The Hall–Kier alpha value is -2.16. The summed E-state index contributed by atoms with van der Waals surface area (Å²) in [5.74, 6) is -0.580. The summed E-state index contributed by atoms with van der Waals surface area (Å²) in [6, 6.07) is 7.97. The molecule has 158 valence electrons. The summed E-state index contributed by atoms with van der Waals surface area (Å²) in [4.78, 5) is 30.5. The maximum absolute atomic E-state index is 12.6.